The molecule has 0 aliphatic heterocycles. The smallest absolute Gasteiger partial charge is 0.311 e. The zero-order valence-electron chi connectivity index (χ0n) is 12.5. The Morgan fingerprint density at radius 1 is 1.33 bits per heavy atom. The Kier molecular flexibility index (Phi) is 3.59. The molecule has 0 amide bonds. The minimum atomic E-state index is -0.490. The fourth-order valence-corrected chi connectivity index (χ4v) is 1.92. The molecule has 2 N–H and O–H groups in total. The first kappa shape index (κ1) is 14.8. The second-order valence-corrected chi connectivity index (χ2v) is 5.73. The summed E-state index contributed by atoms with van der Waals surface area (Å²) in [6.07, 6.45) is 0. The summed E-state index contributed by atoms with van der Waals surface area (Å²) >= 11 is 0. The Balaban J connectivity index is 2.53. The van der Waals surface area contributed by atoms with E-state index < -0.39 is 4.92 Å². The zero-order chi connectivity index (χ0) is 15.8. The fraction of sp³-hybridized carbons (Fsp3) is 0.357. The second-order valence-electron chi connectivity index (χ2n) is 5.73. The molecule has 1 aromatic carbocycles. The number of nitro benzene ring substituents is 1. The van der Waals surface area contributed by atoms with Crippen molar-refractivity contribution in [3.63, 3.8) is 0 Å². The van der Waals surface area contributed by atoms with Crippen molar-refractivity contribution in [3.05, 3.63) is 40.1 Å². The van der Waals surface area contributed by atoms with E-state index in [4.69, 9.17) is 10.5 Å². The number of nitrogens with two attached hydrogens (primary N) is 1. The summed E-state index contributed by atoms with van der Waals surface area (Å²) in [5, 5.41) is 15.4. The van der Waals surface area contributed by atoms with Crippen LogP contribution in [0.15, 0.2) is 24.3 Å². The van der Waals surface area contributed by atoms with Crippen molar-refractivity contribution in [1.82, 2.24) is 9.78 Å². The first-order valence-corrected chi connectivity index (χ1v) is 6.43. The van der Waals surface area contributed by atoms with Crippen LogP contribution in [0.1, 0.15) is 26.5 Å². The van der Waals surface area contributed by atoms with Gasteiger partial charge in [0.1, 0.15) is 5.82 Å². The monoisotopic (exact) mass is 290 g/mol. The van der Waals surface area contributed by atoms with Crippen molar-refractivity contribution in [2.24, 2.45) is 0 Å². The van der Waals surface area contributed by atoms with Crippen LogP contribution in [0.25, 0.3) is 5.69 Å². The topological polar surface area (TPSA) is 96.2 Å². The molecule has 112 valence electrons. The van der Waals surface area contributed by atoms with Crippen molar-refractivity contribution in [2.45, 2.75) is 26.2 Å². The molecule has 0 unspecified atom stereocenters. The Labute approximate surface area is 122 Å². The van der Waals surface area contributed by atoms with E-state index in [1.54, 1.807) is 22.9 Å². The summed E-state index contributed by atoms with van der Waals surface area (Å²) in [5.41, 5.74) is 7.22. The van der Waals surface area contributed by atoms with Gasteiger partial charge < -0.3 is 10.5 Å². The minimum absolute atomic E-state index is 0.0944. The summed E-state index contributed by atoms with van der Waals surface area (Å²) < 4.78 is 6.61. The summed E-state index contributed by atoms with van der Waals surface area (Å²) in [6, 6.07) is 6.32. The number of rotatable bonds is 3. The highest BCUT2D eigenvalue weighted by atomic mass is 16.6. The van der Waals surface area contributed by atoms with Crippen LogP contribution in [-0.2, 0) is 5.41 Å². The molecular weight excluding hydrogens is 272 g/mol. The van der Waals surface area contributed by atoms with E-state index in [0.29, 0.717) is 11.5 Å². The first-order valence-electron chi connectivity index (χ1n) is 6.43. The SMILES string of the molecule is COc1cc(-n2nc(C(C)(C)C)cc2N)ccc1[N+](=O)[O-]. The Hall–Kier alpha value is -2.57. The van der Waals surface area contributed by atoms with Gasteiger partial charge in [0, 0.05) is 23.6 Å². The van der Waals surface area contributed by atoms with E-state index in [0.717, 1.165) is 5.69 Å². The number of anilines is 1. The summed E-state index contributed by atoms with van der Waals surface area (Å²) in [6.45, 7) is 6.11. The Bertz CT molecular complexity index is 686. The molecule has 0 bridgehead atoms. The number of nitro groups is 1. The maximum atomic E-state index is 10.9. The standard InChI is InChI=1S/C14H18N4O3/c1-14(2,3)12-8-13(15)17(16-12)9-5-6-10(18(19)20)11(7-9)21-4/h5-8H,15H2,1-4H3. The van der Waals surface area contributed by atoms with E-state index in [2.05, 4.69) is 5.10 Å². The van der Waals surface area contributed by atoms with Gasteiger partial charge in [-0.3, -0.25) is 10.1 Å². The molecule has 2 aromatic rings. The number of hydrogen-bond donors (Lipinski definition) is 1. The molecule has 0 aliphatic carbocycles. The third kappa shape index (κ3) is 2.81. The molecule has 1 aromatic heterocycles. The largest absolute Gasteiger partial charge is 0.490 e. The van der Waals surface area contributed by atoms with E-state index in [1.165, 1.54) is 13.2 Å². The summed E-state index contributed by atoms with van der Waals surface area (Å²) in [5.74, 6) is 0.639. The van der Waals surface area contributed by atoms with Crippen LogP contribution in [-0.4, -0.2) is 21.8 Å². The zero-order valence-corrected chi connectivity index (χ0v) is 12.5. The Morgan fingerprint density at radius 2 is 2.00 bits per heavy atom. The summed E-state index contributed by atoms with van der Waals surface area (Å²) in [4.78, 5) is 10.4. The van der Waals surface area contributed by atoms with E-state index in [9.17, 15) is 10.1 Å². The Morgan fingerprint density at radius 3 is 2.48 bits per heavy atom. The number of aromatic nitrogens is 2. The highest BCUT2D eigenvalue weighted by Gasteiger charge is 2.21. The van der Waals surface area contributed by atoms with Crippen LogP contribution in [0.2, 0.25) is 0 Å². The van der Waals surface area contributed by atoms with Gasteiger partial charge >= 0.3 is 5.69 Å². The van der Waals surface area contributed by atoms with Crippen molar-refractivity contribution in [2.75, 3.05) is 12.8 Å². The van der Waals surface area contributed by atoms with Crippen LogP contribution in [0.5, 0.6) is 5.75 Å². The van der Waals surface area contributed by atoms with E-state index >= 15 is 0 Å². The maximum absolute atomic E-state index is 10.9. The lowest BCUT2D eigenvalue weighted by atomic mass is 9.92. The number of methoxy groups -OCH3 is 1. The molecular formula is C14H18N4O3. The molecule has 0 saturated heterocycles. The van der Waals surface area contributed by atoms with Crippen molar-refractivity contribution < 1.29 is 9.66 Å². The molecule has 7 heteroatoms. The molecule has 0 fully saturated rings. The van der Waals surface area contributed by atoms with Crippen LogP contribution in [0.3, 0.4) is 0 Å². The average Bonchev–Trinajstić information content (AvgIpc) is 2.80. The average molecular weight is 290 g/mol. The molecule has 2 rings (SSSR count). The van der Waals surface area contributed by atoms with E-state index in [-0.39, 0.29) is 16.9 Å². The van der Waals surface area contributed by atoms with Gasteiger partial charge in [-0.25, -0.2) is 4.68 Å². The molecule has 0 radical (unpaired) electrons. The predicted molar refractivity (Wildman–Crippen MR) is 79.9 cm³/mol. The predicted octanol–water partition coefficient (Wildman–Crippen LogP) is 2.67. The number of ether oxygens (including phenoxy) is 1. The van der Waals surface area contributed by atoms with Gasteiger partial charge in [0.15, 0.2) is 5.75 Å². The molecule has 0 aliphatic rings. The van der Waals surface area contributed by atoms with Gasteiger partial charge in [-0.2, -0.15) is 5.10 Å². The van der Waals surface area contributed by atoms with Gasteiger partial charge in [0.05, 0.1) is 23.4 Å². The molecule has 21 heavy (non-hydrogen) atoms. The van der Waals surface area contributed by atoms with Crippen LogP contribution in [0, 0.1) is 10.1 Å². The molecule has 1 heterocycles. The van der Waals surface area contributed by atoms with Gasteiger partial charge in [-0.15, -0.1) is 0 Å². The maximum Gasteiger partial charge on any atom is 0.311 e. The highest BCUT2D eigenvalue weighted by molar-refractivity contribution is 5.55. The normalized spacial score (nSPS) is 11.4. The van der Waals surface area contributed by atoms with Crippen molar-refractivity contribution in [3.8, 4) is 11.4 Å². The van der Waals surface area contributed by atoms with Crippen LogP contribution < -0.4 is 10.5 Å². The van der Waals surface area contributed by atoms with Gasteiger partial charge in [-0.1, -0.05) is 20.8 Å². The summed E-state index contributed by atoms with van der Waals surface area (Å²) in [7, 11) is 1.39. The lowest BCUT2D eigenvalue weighted by molar-refractivity contribution is -0.385. The lowest BCUT2D eigenvalue weighted by Gasteiger charge is -2.14. The van der Waals surface area contributed by atoms with Gasteiger partial charge in [-0.05, 0) is 6.07 Å². The lowest BCUT2D eigenvalue weighted by Crippen LogP contribution is -2.12. The number of nitrogens with zero attached hydrogens (tertiary/aromatic N) is 3. The van der Waals surface area contributed by atoms with Crippen LogP contribution >= 0.6 is 0 Å². The highest BCUT2D eigenvalue weighted by Crippen LogP contribution is 2.31. The molecule has 7 nitrogen and oxygen atoms in total. The fourth-order valence-electron chi connectivity index (χ4n) is 1.92. The third-order valence-corrected chi connectivity index (χ3v) is 3.11. The molecule has 0 saturated carbocycles. The van der Waals surface area contributed by atoms with Crippen LogP contribution in [0.4, 0.5) is 11.5 Å². The van der Waals surface area contributed by atoms with Gasteiger partial charge in [0.25, 0.3) is 0 Å². The van der Waals surface area contributed by atoms with Crippen molar-refractivity contribution >= 4 is 11.5 Å². The van der Waals surface area contributed by atoms with Crippen molar-refractivity contribution in [1.29, 1.82) is 0 Å². The molecule has 0 spiro atoms. The number of benzene rings is 1. The van der Waals surface area contributed by atoms with Gasteiger partial charge in [0.2, 0.25) is 0 Å². The number of nitrogen functional groups attached to an aromatic ring is 1. The quantitative estimate of drug-likeness (QED) is 0.692. The first-order chi connectivity index (χ1) is 9.74. The second kappa shape index (κ2) is 5.08. The third-order valence-electron chi connectivity index (χ3n) is 3.11. The number of hydrogen-bond acceptors (Lipinski definition) is 5. The molecule has 0 atom stereocenters. The van der Waals surface area contributed by atoms with E-state index in [1.807, 2.05) is 20.8 Å². The minimum Gasteiger partial charge on any atom is -0.490 e.